The molecular weight excluding hydrogens is 254 g/mol. The van der Waals surface area contributed by atoms with Crippen LogP contribution in [0.15, 0.2) is 23.5 Å². The second-order valence-electron chi connectivity index (χ2n) is 6.29. The minimum absolute atomic E-state index is 0.162. The van der Waals surface area contributed by atoms with Crippen molar-refractivity contribution >= 4 is 5.91 Å². The lowest BCUT2D eigenvalue weighted by atomic mass is 9.97. The van der Waals surface area contributed by atoms with Gasteiger partial charge >= 0.3 is 0 Å². The van der Waals surface area contributed by atoms with Crippen LogP contribution in [0.4, 0.5) is 0 Å². The van der Waals surface area contributed by atoms with Crippen LogP contribution in [0, 0.1) is 5.92 Å². The summed E-state index contributed by atoms with van der Waals surface area (Å²) in [6.07, 6.45) is 8.83. The van der Waals surface area contributed by atoms with Gasteiger partial charge in [0.1, 0.15) is 6.23 Å². The molecule has 0 spiro atoms. The maximum atomic E-state index is 11.3. The van der Waals surface area contributed by atoms with Gasteiger partial charge in [-0.25, -0.2) is 0 Å². The van der Waals surface area contributed by atoms with Crippen LogP contribution in [0.2, 0.25) is 0 Å². The van der Waals surface area contributed by atoms with Crippen LogP contribution in [0.3, 0.4) is 0 Å². The summed E-state index contributed by atoms with van der Waals surface area (Å²) in [5.41, 5.74) is 7.37. The molecule has 5 nitrogen and oxygen atoms in total. The molecule has 5 heteroatoms. The molecule has 3 heterocycles. The highest BCUT2D eigenvalue weighted by Gasteiger charge is 2.44. The molecule has 4 rings (SSSR count). The first kappa shape index (κ1) is 12.4. The number of carbonyl (C=O) groups is 1. The van der Waals surface area contributed by atoms with Crippen molar-refractivity contribution in [3.63, 3.8) is 0 Å². The normalized spacial score (nSPS) is 36.6. The van der Waals surface area contributed by atoms with Crippen LogP contribution in [0.1, 0.15) is 25.7 Å². The highest BCUT2D eigenvalue weighted by Crippen LogP contribution is 2.38. The quantitative estimate of drug-likeness (QED) is 0.768. The van der Waals surface area contributed by atoms with E-state index in [2.05, 4.69) is 15.9 Å². The number of amides is 1. The lowest BCUT2D eigenvalue weighted by Gasteiger charge is -2.50. The highest BCUT2D eigenvalue weighted by atomic mass is 16.5. The molecule has 0 radical (unpaired) electrons. The SMILES string of the molecule is NC(=O)C1=CN2CC3OCC4CCCC4N3CC2=CC1. The Labute approximate surface area is 119 Å². The van der Waals surface area contributed by atoms with Gasteiger partial charge in [-0.3, -0.25) is 9.69 Å². The molecule has 1 saturated carbocycles. The Hall–Kier alpha value is -1.33. The average Bonchev–Trinajstić information content (AvgIpc) is 2.93. The van der Waals surface area contributed by atoms with Gasteiger partial charge in [0.25, 0.3) is 0 Å². The van der Waals surface area contributed by atoms with E-state index in [1.807, 2.05) is 6.20 Å². The Morgan fingerprint density at radius 1 is 1.40 bits per heavy atom. The Morgan fingerprint density at radius 2 is 2.30 bits per heavy atom. The topological polar surface area (TPSA) is 58.8 Å². The second kappa shape index (κ2) is 4.60. The third-order valence-corrected chi connectivity index (χ3v) is 5.17. The van der Waals surface area contributed by atoms with Gasteiger partial charge in [-0.05, 0) is 25.2 Å². The fraction of sp³-hybridized carbons (Fsp3) is 0.667. The van der Waals surface area contributed by atoms with Crippen molar-refractivity contribution in [2.45, 2.75) is 38.0 Å². The Kier molecular flexibility index (Phi) is 2.86. The molecule has 0 bridgehead atoms. The summed E-state index contributed by atoms with van der Waals surface area (Å²) in [4.78, 5) is 16.0. The van der Waals surface area contributed by atoms with Gasteiger partial charge in [0.15, 0.2) is 0 Å². The minimum atomic E-state index is -0.317. The first-order valence-corrected chi connectivity index (χ1v) is 7.56. The molecule has 1 amide bonds. The number of rotatable bonds is 1. The van der Waals surface area contributed by atoms with Gasteiger partial charge in [-0.2, -0.15) is 0 Å². The monoisotopic (exact) mass is 275 g/mol. The van der Waals surface area contributed by atoms with Crippen LogP contribution >= 0.6 is 0 Å². The Bertz CT molecular complexity index is 499. The summed E-state index contributed by atoms with van der Waals surface area (Å²) >= 11 is 0. The molecule has 2 saturated heterocycles. The van der Waals surface area contributed by atoms with Crippen molar-refractivity contribution in [2.24, 2.45) is 11.7 Å². The number of hydrogen-bond acceptors (Lipinski definition) is 4. The van der Waals surface area contributed by atoms with E-state index in [4.69, 9.17) is 10.5 Å². The molecule has 3 atom stereocenters. The molecule has 0 aromatic rings. The number of nitrogens with zero attached hydrogens (tertiary/aromatic N) is 2. The molecule has 4 aliphatic rings. The van der Waals surface area contributed by atoms with Gasteiger partial charge in [0, 0.05) is 30.1 Å². The number of hydrogen-bond donors (Lipinski definition) is 1. The summed E-state index contributed by atoms with van der Waals surface area (Å²) in [6, 6.07) is 0.693. The lowest BCUT2D eigenvalue weighted by molar-refractivity contribution is -0.157. The number of allylic oxidation sites excluding steroid dienone is 1. The lowest BCUT2D eigenvalue weighted by Crippen LogP contribution is -2.60. The number of nitrogens with two attached hydrogens (primary N) is 1. The molecular formula is C15H21N3O2. The minimum Gasteiger partial charge on any atom is -0.366 e. The predicted molar refractivity (Wildman–Crippen MR) is 74.3 cm³/mol. The van der Waals surface area contributed by atoms with E-state index < -0.39 is 0 Å². The third-order valence-electron chi connectivity index (χ3n) is 5.17. The van der Waals surface area contributed by atoms with E-state index in [9.17, 15) is 4.79 Å². The first-order chi connectivity index (χ1) is 9.72. The van der Waals surface area contributed by atoms with Gasteiger partial charge in [0.2, 0.25) is 5.91 Å². The fourth-order valence-corrected chi connectivity index (χ4v) is 4.08. The van der Waals surface area contributed by atoms with E-state index in [0.29, 0.717) is 18.0 Å². The van der Waals surface area contributed by atoms with Crippen LogP contribution in [0.25, 0.3) is 0 Å². The van der Waals surface area contributed by atoms with Crippen molar-refractivity contribution in [3.05, 3.63) is 23.5 Å². The molecule has 20 heavy (non-hydrogen) atoms. The van der Waals surface area contributed by atoms with Crippen LogP contribution in [0.5, 0.6) is 0 Å². The van der Waals surface area contributed by atoms with Gasteiger partial charge < -0.3 is 15.4 Å². The number of primary amides is 1. The Morgan fingerprint density at radius 3 is 3.15 bits per heavy atom. The fourth-order valence-electron chi connectivity index (χ4n) is 4.08. The van der Waals surface area contributed by atoms with E-state index >= 15 is 0 Å². The van der Waals surface area contributed by atoms with Crippen LogP contribution in [-0.4, -0.2) is 47.7 Å². The summed E-state index contributed by atoms with van der Waals surface area (Å²) in [5, 5.41) is 0. The van der Waals surface area contributed by atoms with Crippen molar-refractivity contribution in [1.29, 1.82) is 0 Å². The zero-order valence-corrected chi connectivity index (χ0v) is 11.6. The van der Waals surface area contributed by atoms with Crippen molar-refractivity contribution in [3.8, 4) is 0 Å². The summed E-state index contributed by atoms with van der Waals surface area (Å²) in [6.45, 7) is 2.64. The standard InChI is InChI=1S/C15H21N3O2/c16-15(19)10-4-5-12-7-18-13-3-1-2-11(13)9-20-14(18)8-17(12)6-10/h5-6,11,13-14H,1-4,7-9H2,(H2,16,19). The Balaban J connectivity index is 1.56. The maximum Gasteiger partial charge on any atom is 0.246 e. The molecule has 3 unspecified atom stereocenters. The van der Waals surface area contributed by atoms with E-state index in [0.717, 1.165) is 25.6 Å². The molecule has 108 valence electrons. The molecule has 2 N–H and O–H groups in total. The van der Waals surface area contributed by atoms with E-state index in [1.54, 1.807) is 0 Å². The smallest absolute Gasteiger partial charge is 0.246 e. The van der Waals surface area contributed by atoms with Crippen molar-refractivity contribution in [2.75, 3.05) is 19.7 Å². The zero-order chi connectivity index (χ0) is 13.7. The van der Waals surface area contributed by atoms with E-state index in [1.165, 1.54) is 25.0 Å². The second-order valence-corrected chi connectivity index (χ2v) is 6.29. The van der Waals surface area contributed by atoms with Crippen LogP contribution in [-0.2, 0) is 9.53 Å². The number of piperazine rings is 1. The number of ether oxygens (including phenoxy) is 1. The first-order valence-electron chi connectivity index (χ1n) is 7.56. The number of carbonyl (C=O) groups excluding carboxylic acids is 1. The van der Waals surface area contributed by atoms with Crippen molar-refractivity contribution in [1.82, 2.24) is 9.80 Å². The summed E-state index contributed by atoms with van der Waals surface area (Å²) in [7, 11) is 0. The number of fused-ring (bicyclic) bond motifs is 4. The van der Waals surface area contributed by atoms with Gasteiger partial charge in [-0.15, -0.1) is 0 Å². The van der Waals surface area contributed by atoms with Crippen molar-refractivity contribution < 1.29 is 9.53 Å². The van der Waals surface area contributed by atoms with Gasteiger partial charge in [0.05, 0.1) is 13.2 Å². The maximum absolute atomic E-state index is 11.3. The van der Waals surface area contributed by atoms with Gasteiger partial charge in [-0.1, -0.05) is 12.5 Å². The summed E-state index contributed by atoms with van der Waals surface area (Å²) < 4.78 is 6.05. The van der Waals surface area contributed by atoms with Crippen LogP contribution < -0.4 is 5.73 Å². The molecule has 0 aromatic carbocycles. The molecule has 3 aliphatic heterocycles. The van der Waals surface area contributed by atoms with E-state index in [-0.39, 0.29) is 12.1 Å². The predicted octanol–water partition coefficient (Wildman–Crippen LogP) is 0.786. The zero-order valence-electron chi connectivity index (χ0n) is 11.6. The largest absolute Gasteiger partial charge is 0.366 e. The molecule has 1 aliphatic carbocycles. The summed E-state index contributed by atoms with van der Waals surface area (Å²) in [5.74, 6) is 0.405. The highest BCUT2D eigenvalue weighted by molar-refractivity contribution is 5.92. The molecule has 3 fully saturated rings. The average molecular weight is 275 g/mol. The third kappa shape index (κ3) is 1.88. The molecule has 0 aromatic heterocycles.